The van der Waals surface area contributed by atoms with Crippen LogP contribution in [-0.4, -0.2) is 33.2 Å². The second-order valence-electron chi connectivity index (χ2n) is 8.75. The lowest BCUT2D eigenvalue weighted by molar-refractivity contribution is -0.137. The van der Waals surface area contributed by atoms with Crippen molar-refractivity contribution in [3.8, 4) is 5.75 Å². The van der Waals surface area contributed by atoms with Gasteiger partial charge in [0.15, 0.2) is 6.10 Å². The highest BCUT2D eigenvalue weighted by Gasteiger charge is 2.36. The van der Waals surface area contributed by atoms with E-state index in [2.05, 4.69) is 5.32 Å². The molecule has 2 aromatic carbocycles. The van der Waals surface area contributed by atoms with Crippen molar-refractivity contribution in [1.82, 2.24) is 5.32 Å². The molecule has 0 aliphatic carbocycles. The quantitative estimate of drug-likeness (QED) is 0.737. The summed E-state index contributed by atoms with van der Waals surface area (Å²) in [4.78, 5) is 12.7. The lowest BCUT2D eigenvalue weighted by Gasteiger charge is -2.35. The Morgan fingerprint density at radius 1 is 1.12 bits per heavy atom. The Morgan fingerprint density at radius 2 is 1.81 bits per heavy atom. The second-order valence-corrected chi connectivity index (χ2v) is 10.7. The molecule has 0 bridgehead atoms. The van der Waals surface area contributed by atoms with Gasteiger partial charge in [0, 0.05) is 6.54 Å². The summed E-state index contributed by atoms with van der Waals surface area (Å²) in [7, 11) is -3.71. The van der Waals surface area contributed by atoms with E-state index >= 15 is 0 Å². The lowest BCUT2D eigenvalue weighted by atomic mass is 9.86. The highest BCUT2D eigenvalue weighted by Crippen LogP contribution is 2.38. The van der Waals surface area contributed by atoms with Gasteiger partial charge in [0.1, 0.15) is 5.75 Å². The van der Waals surface area contributed by atoms with Crippen LogP contribution >= 0.6 is 0 Å². The maximum atomic E-state index is 12.9. The zero-order valence-electron chi connectivity index (χ0n) is 18.2. The number of benzene rings is 2. The van der Waals surface area contributed by atoms with Crippen molar-refractivity contribution >= 4 is 21.6 Å². The first-order chi connectivity index (χ1) is 14.7. The van der Waals surface area contributed by atoms with Gasteiger partial charge in [0.2, 0.25) is 10.0 Å². The molecule has 10 heteroatoms. The van der Waals surface area contributed by atoms with Crippen LogP contribution < -0.4 is 14.4 Å². The largest absolute Gasteiger partial charge is 0.476 e. The monoisotopic (exact) mass is 470 g/mol. The molecule has 0 aromatic heterocycles. The number of nitrogens with one attached hydrogen (secondary N) is 1. The molecule has 174 valence electrons. The van der Waals surface area contributed by atoms with Crippen LogP contribution in [0, 0.1) is 0 Å². The number of halogens is 3. The van der Waals surface area contributed by atoms with Crippen molar-refractivity contribution in [2.45, 2.75) is 45.0 Å². The predicted molar refractivity (Wildman–Crippen MR) is 115 cm³/mol. The minimum Gasteiger partial charge on any atom is -0.476 e. The van der Waals surface area contributed by atoms with Crippen molar-refractivity contribution in [3.05, 3.63) is 59.2 Å². The predicted octanol–water partition coefficient (Wildman–Crippen LogP) is 3.85. The number of hydrogen-bond donors (Lipinski definition) is 1. The summed E-state index contributed by atoms with van der Waals surface area (Å²) >= 11 is 0. The fourth-order valence-corrected chi connectivity index (χ4v) is 4.24. The van der Waals surface area contributed by atoms with E-state index in [0.29, 0.717) is 5.69 Å². The third-order valence-electron chi connectivity index (χ3n) is 5.11. The van der Waals surface area contributed by atoms with Gasteiger partial charge in [-0.2, -0.15) is 13.2 Å². The Hall–Kier alpha value is -2.75. The molecule has 0 fully saturated rings. The second kappa shape index (κ2) is 8.31. The van der Waals surface area contributed by atoms with Crippen LogP contribution in [0.3, 0.4) is 0 Å². The van der Waals surface area contributed by atoms with Crippen LogP contribution in [0.1, 0.15) is 37.5 Å². The van der Waals surface area contributed by atoms with E-state index in [1.807, 2.05) is 26.8 Å². The molecular weight excluding hydrogens is 445 g/mol. The Kier molecular flexibility index (Phi) is 6.21. The molecule has 0 saturated carbocycles. The molecular formula is C22H25F3N2O4S. The first kappa shape index (κ1) is 23.9. The fraction of sp³-hybridized carbons (Fsp3) is 0.409. The van der Waals surface area contributed by atoms with Crippen molar-refractivity contribution in [2.24, 2.45) is 0 Å². The van der Waals surface area contributed by atoms with E-state index < -0.39 is 33.8 Å². The Morgan fingerprint density at radius 3 is 2.41 bits per heavy atom. The maximum Gasteiger partial charge on any atom is 0.416 e. The van der Waals surface area contributed by atoms with Gasteiger partial charge in [-0.1, -0.05) is 39.0 Å². The molecule has 0 radical (unpaired) electrons. The highest BCUT2D eigenvalue weighted by molar-refractivity contribution is 7.92. The highest BCUT2D eigenvalue weighted by atomic mass is 32.2. The molecule has 32 heavy (non-hydrogen) atoms. The van der Waals surface area contributed by atoms with E-state index in [1.54, 1.807) is 12.1 Å². The first-order valence-corrected chi connectivity index (χ1v) is 11.7. The van der Waals surface area contributed by atoms with Gasteiger partial charge < -0.3 is 10.1 Å². The van der Waals surface area contributed by atoms with Gasteiger partial charge in [-0.3, -0.25) is 9.10 Å². The molecule has 1 unspecified atom stereocenters. The summed E-state index contributed by atoms with van der Waals surface area (Å²) in [5, 5.41) is 2.53. The van der Waals surface area contributed by atoms with Crippen LogP contribution in [0.25, 0.3) is 0 Å². The normalized spacial score (nSPS) is 16.8. The van der Waals surface area contributed by atoms with Crippen molar-refractivity contribution in [1.29, 1.82) is 0 Å². The number of alkyl halides is 3. The van der Waals surface area contributed by atoms with E-state index in [1.165, 1.54) is 12.1 Å². The maximum absolute atomic E-state index is 12.9. The molecule has 1 heterocycles. The number of ether oxygens (including phenoxy) is 1. The zero-order chi connectivity index (χ0) is 23.9. The number of sulfonamides is 1. The number of nitrogens with zero attached hydrogens (tertiary/aromatic N) is 1. The standard InChI is InChI=1S/C22H25F3N2O4S/c1-21(2,3)15-8-9-18-17(11-15)27(32(4,29)30)13-19(31-18)20(28)26-12-14-6-5-7-16(10-14)22(23,24)25/h5-11,19H,12-13H2,1-4H3,(H,26,28). The smallest absolute Gasteiger partial charge is 0.416 e. The van der Waals surface area contributed by atoms with Crippen LogP contribution in [-0.2, 0) is 33.0 Å². The topological polar surface area (TPSA) is 75.7 Å². The van der Waals surface area contributed by atoms with Crippen LogP contribution in [0.15, 0.2) is 42.5 Å². The molecule has 1 aliphatic heterocycles. The minimum absolute atomic E-state index is 0.155. The number of amides is 1. The van der Waals surface area contributed by atoms with E-state index in [-0.39, 0.29) is 29.8 Å². The summed E-state index contributed by atoms with van der Waals surface area (Å²) in [6.07, 6.45) is -4.59. The van der Waals surface area contributed by atoms with Crippen LogP contribution in [0.4, 0.5) is 18.9 Å². The molecule has 2 aromatic rings. The number of rotatable bonds is 4. The lowest BCUT2D eigenvalue weighted by Crippen LogP contribution is -2.50. The summed E-state index contributed by atoms with van der Waals surface area (Å²) in [5.74, 6) is -0.379. The van der Waals surface area contributed by atoms with Crippen LogP contribution in [0.5, 0.6) is 5.75 Å². The Labute approximate surface area is 185 Å². The number of fused-ring (bicyclic) bond motifs is 1. The molecule has 1 aliphatic rings. The number of carbonyl (C=O) groups excluding carboxylic acids is 1. The van der Waals surface area contributed by atoms with E-state index in [9.17, 15) is 26.4 Å². The van der Waals surface area contributed by atoms with Crippen molar-refractivity contribution in [2.75, 3.05) is 17.1 Å². The molecule has 1 atom stereocenters. The molecule has 1 N–H and O–H groups in total. The van der Waals surface area contributed by atoms with Gasteiger partial charge in [-0.05, 0) is 40.8 Å². The molecule has 3 rings (SSSR count). The van der Waals surface area contributed by atoms with Crippen LogP contribution in [0.2, 0.25) is 0 Å². The fourth-order valence-electron chi connectivity index (χ4n) is 3.33. The van der Waals surface area contributed by atoms with Gasteiger partial charge in [-0.15, -0.1) is 0 Å². The average Bonchev–Trinajstić information content (AvgIpc) is 2.69. The first-order valence-electron chi connectivity index (χ1n) is 9.89. The summed E-state index contributed by atoms with van der Waals surface area (Å²) < 4.78 is 70.4. The van der Waals surface area contributed by atoms with E-state index in [4.69, 9.17) is 4.74 Å². The number of carbonyl (C=O) groups is 1. The van der Waals surface area contributed by atoms with Crippen molar-refractivity contribution < 1.29 is 31.1 Å². The van der Waals surface area contributed by atoms with E-state index in [0.717, 1.165) is 28.3 Å². The number of hydrogen-bond acceptors (Lipinski definition) is 4. The molecule has 1 amide bonds. The zero-order valence-corrected chi connectivity index (χ0v) is 19.0. The summed E-state index contributed by atoms with van der Waals surface area (Å²) in [6.45, 7) is 5.58. The summed E-state index contributed by atoms with van der Waals surface area (Å²) in [5.41, 5.74) is 0.476. The Bertz CT molecular complexity index is 1120. The number of anilines is 1. The van der Waals surface area contributed by atoms with Gasteiger partial charge >= 0.3 is 6.18 Å². The Balaban J connectivity index is 1.81. The molecule has 6 nitrogen and oxygen atoms in total. The third kappa shape index (κ3) is 5.35. The summed E-state index contributed by atoms with van der Waals surface area (Å²) in [6, 6.07) is 9.78. The van der Waals surface area contributed by atoms with Gasteiger partial charge in [0.05, 0.1) is 24.1 Å². The molecule has 0 spiro atoms. The van der Waals surface area contributed by atoms with Gasteiger partial charge in [0.25, 0.3) is 5.91 Å². The minimum atomic E-state index is -4.49. The molecule has 0 saturated heterocycles. The average molecular weight is 471 g/mol. The third-order valence-corrected chi connectivity index (χ3v) is 6.25. The van der Waals surface area contributed by atoms with Gasteiger partial charge in [-0.25, -0.2) is 8.42 Å². The van der Waals surface area contributed by atoms with Crippen molar-refractivity contribution in [3.63, 3.8) is 0 Å². The SMILES string of the molecule is CC(C)(C)c1ccc2c(c1)N(S(C)(=O)=O)CC(C(=O)NCc1cccc(C(F)(F)F)c1)O2.